The molecule has 9 heteroatoms. The monoisotopic (exact) mass is 388 g/mol. The molecule has 0 aliphatic rings. The summed E-state index contributed by atoms with van der Waals surface area (Å²) in [6, 6.07) is 5.11. The molecule has 0 spiro atoms. The van der Waals surface area contributed by atoms with E-state index < -0.39 is 9.70 Å². The Bertz CT molecular complexity index is 653. The minimum absolute atomic E-state index is 0.322. The number of hydrogen-bond donors (Lipinski definition) is 1. The number of nitrogens with zero attached hydrogens (tertiary/aromatic N) is 1. The second-order valence-corrected chi connectivity index (χ2v) is 7.57. The molecular formula is C11H5Cl5N2OS. The summed E-state index contributed by atoms with van der Waals surface area (Å²) in [5.74, 6) is -0.766. The summed E-state index contributed by atoms with van der Waals surface area (Å²) in [6.45, 7) is 0. The second-order valence-electron chi connectivity index (χ2n) is 3.62. The fourth-order valence-electron chi connectivity index (χ4n) is 1.29. The van der Waals surface area contributed by atoms with E-state index in [4.69, 9.17) is 58.0 Å². The van der Waals surface area contributed by atoms with Crippen LogP contribution in [0.1, 0.15) is 0 Å². The first-order valence-electron chi connectivity index (χ1n) is 5.06. The highest BCUT2D eigenvalue weighted by Crippen LogP contribution is 2.32. The quantitative estimate of drug-likeness (QED) is 0.695. The van der Waals surface area contributed by atoms with Gasteiger partial charge >= 0.3 is 0 Å². The lowest BCUT2D eigenvalue weighted by Crippen LogP contribution is -2.26. The average Bonchev–Trinajstić information content (AvgIpc) is 2.80. The van der Waals surface area contributed by atoms with Gasteiger partial charge in [0.05, 0.1) is 15.7 Å². The van der Waals surface area contributed by atoms with Crippen molar-refractivity contribution in [3.05, 3.63) is 33.6 Å². The molecule has 0 saturated heterocycles. The zero-order chi connectivity index (χ0) is 14.9. The van der Waals surface area contributed by atoms with E-state index in [0.29, 0.717) is 20.9 Å². The van der Waals surface area contributed by atoms with Gasteiger partial charge < -0.3 is 0 Å². The van der Waals surface area contributed by atoms with Crippen molar-refractivity contribution >= 4 is 80.4 Å². The Hall–Kier alpha value is -0.230. The molecule has 0 saturated carbocycles. The predicted octanol–water partition coefficient (Wildman–Crippen LogP) is 5.43. The topological polar surface area (TPSA) is 42.0 Å². The molecule has 2 aromatic rings. The van der Waals surface area contributed by atoms with Gasteiger partial charge in [0.1, 0.15) is 0 Å². The molecule has 1 aromatic heterocycles. The number of anilines is 1. The maximum atomic E-state index is 11.5. The van der Waals surface area contributed by atoms with Crippen LogP contribution >= 0.6 is 69.3 Å². The van der Waals surface area contributed by atoms with Crippen molar-refractivity contribution in [3.8, 4) is 11.3 Å². The van der Waals surface area contributed by atoms with Crippen molar-refractivity contribution in [1.29, 1.82) is 0 Å². The summed E-state index contributed by atoms with van der Waals surface area (Å²) >= 11 is 29.4. The molecule has 20 heavy (non-hydrogen) atoms. The van der Waals surface area contributed by atoms with E-state index >= 15 is 0 Å². The number of thiazole rings is 1. The Morgan fingerprint density at radius 2 is 1.90 bits per heavy atom. The van der Waals surface area contributed by atoms with Gasteiger partial charge in [0, 0.05) is 10.9 Å². The molecule has 1 aromatic carbocycles. The van der Waals surface area contributed by atoms with Crippen LogP contribution in [-0.4, -0.2) is 14.7 Å². The summed E-state index contributed by atoms with van der Waals surface area (Å²) in [5, 5.41) is 5.35. The zero-order valence-electron chi connectivity index (χ0n) is 9.46. The van der Waals surface area contributed by atoms with Crippen molar-refractivity contribution < 1.29 is 4.79 Å². The molecule has 0 unspecified atom stereocenters. The lowest BCUT2D eigenvalue weighted by atomic mass is 10.2. The highest BCUT2D eigenvalue weighted by atomic mass is 35.6. The SMILES string of the molecule is O=C(Nc1nc(-c2ccc(Cl)c(Cl)c2)cs1)C(Cl)(Cl)Cl. The average molecular weight is 391 g/mol. The van der Waals surface area contributed by atoms with Crippen molar-refractivity contribution in [2.24, 2.45) is 0 Å². The van der Waals surface area contributed by atoms with Gasteiger partial charge in [-0.25, -0.2) is 4.98 Å². The largest absolute Gasteiger partial charge is 0.298 e. The number of rotatable bonds is 2. The van der Waals surface area contributed by atoms with Crippen molar-refractivity contribution in [3.63, 3.8) is 0 Å². The molecule has 1 N–H and O–H groups in total. The van der Waals surface area contributed by atoms with E-state index in [2.05, 4.69) is 10.3 Å². The van der Waals surface area contributed by atoms with Gasteiger partial charge in [0.15, 0.2) is 5.13 Å². The van der Waals surface area contributed by atoms with Gasteiger partial charge in [0.25, 0.3) is 9.70 Å². The van der Waals surface area contributed by atoms with Crippen LogP contribution in [0, 0.1) is 0 Å². The van der Waals surface area contributed by atoms with Crippen LogP contribution in [0.4, 0.5) is 5.13 Å². The number of benzene rings is 1. The van der Waals surface area contributed by atoms with Gasteiger partial charge in [-0.3, -0.25) is 10.1 Å². The maximum Gasteiger partial charge on any atom is 0.278 e. The van der Waals surface area contributed by atoms with Crippen LogP contribution in [-0.2, 0) is 4.79 Å². The van der Waals surface area contributed by atoms with Gasteiger partial charge in [-0.05, 0) is 12.1 Å². The highest BCUT2D eigenvalue weighted by molar-refractivity contribution is 7.14. The number of hydrogen-bond acceptors (Lipinski definition) is 3. The van der Waals surface area contributed by atoms with E-state index in [1.807, 2.05) is 0 Å². The molecule has 0 bridgehead atoms. The minimum atomic E-state index is -2.03. The van der Waals surface area contributed by atoms with Gasteiger partial charge in [0.2, 0.25) is 0 Å². The molecular weight excluding hydrogens is 385 g/mol. The third-order valence-electron chi connectivity index (χ3n) is 2.20. The molecule has 0 radical (unpaired) electrons. The number of aromatic nitrogens is 1. The number of carbonyl (C=O) groups is 1. The molecule has 3 nitrogen and oxygen atoms in total. The van der Waals surface area contributed by atoms with Crippen molar-refractivity contribution in [1.82, 2.24) is 4.98 Å². The van der Waals surface area contributed by atoms with Crippen molar-refractivity contribution in [2.75, 3.05) is 5.32 Å². The molecule has 1 amide bonds. The number of amides is 1. The molecule has 0 aliphatic carbocycles. The predicted molar refractivity (Wildman–Crippen MR) is 86.5 cm³/mol. The third-order valence-corrected chi connectivity index (χ3v) is 4.21. The number of halogens is 5. The number of carbonyl (C=O) groups excluding carboxylic acids is 1. The van der Waals surface area contributed by atoms with Crippen LogP contribution < -0.4 is 5.32 Å². The highest BCUT2D eigenvalue weighted by Gasteiger charge is 2.31. The van der Waals surface area contributed by atoms with E-state index in [0.717, 1.165) is 5.56 Å². The maximum absolute atomic E-state index is 11.5. The van der Waals surface area contributed by atoms with E-state index in [-0.39, 0.29) is 0 Å². The molecule has 106 valence electrons. The standard InChI is InChI=1S/C11H5Cl5N2OS/c12-6-2-1-5(3-7(6)13)8-4-20-10(17-8)18-9(19)11(14,15)16/h1-4H,(H,17,18,19). The third kappa shape index (κ3) is 3.91. The summed E-state index contributed by atoms with van der Waals surface area (Å²) in [6.07, 6.45) is 0. The van der Waals surface area contributed by atoms with Crippen LogP contribution in [0.15, 0.2) is 23.6 Å². The first-order valence-corrected chi connectivity index (χ1v) is 7.83. The Labute approximate surface area is 143 Å². The number of alkyl halides is 3. The van der Waals surface area contributed by atoms with Crippen molar-refractivity contribution in [2.45, 2.75) is 3.79 Å². The first kappa shape index (κ1) is 16.1. The van der Waals surface area contributed by atoms with E-state index in [1.54, 1.807) is 23.6 Å². The van der Waals surface area contributed by atoms with Crippen LogP contribution in [0.25, 0.3) is 11.3 Å². The van der Waals surface area contributed by atoms with Crippen LogP contribution in [0.5, 0.6) is 0 Å². The summed E-state index contributed by atoms with van der Waals surface area (Å²) in [5.41, 5.74) is 1.40. The Kier molecular flexibility index (Phi) is 5.05. The Morgan fingerprint density at radius 1 is 1.20 bits per heavy atom. The fraction of sp³-hybridized carbons (Fsp3) is 0.0909. The molecule has 0 atom stereocenters. The summed E-state index contributed by atoms with van der Waals surface area (Å²) in [4.78, 5) is 15.7. The summed E-state index contributed by atoms with van der Waals surface area (Å²) < 4.78 is -2.03. The normalized spacial score (nSPS) is 11.4. The van der Waals surface area contributed by atoms with Gasteiger partial charge in [-0.2, -0.15) is 0 Å². The van der Waals surface area contributed by atoms with Crippen LogP contribution in [0.3, 0.4) is 0 Å². The second kappa shape index (κ2) is 6.26. The summed E-state index contributed by atoms with van der Waals surface area (Å²) in [7, 11) is 0. The molecule has 0 fully saturated rings. The zero-order valence-corrected chi connectivity index (χ0v) is 14.1. The lowest BCUT2D eigenvalue weighted by molar-refractivity contribution is -0.115. The fourth-order valence-corrected chi connectivity index (χ4v) is 2.44. The van der Waals surface area contributed by atoms with Gasteiger partial charge in [-0.15, -0.1) is 11.3 Å². The van der Waals surface area contributed by atoms with Gasteiger partial charge in [-0.1, -0.05) is 64.1 Å². The molecule has 1 heterocycles. The Balaban J connectivity index is 2.21. The minimum Gasteiger partial charge on any atom is -0.298 e. The Morgan fingerprint density at radius 3 is 2.50 bits per heavy atom. The smallest absolute Gasteiger partial charge is 0.278 e. The van der Waals surface area contributed by atoms with E-state index in [1.165, 1.54) is 11.3 Å². The van der Waals surface area contributed by atoms with Crippen LogP contribution in [0.2, 0.25) is 10.0 Å². The first-order chi connectivity index (χ1) is 9.27. The molecule has 2 rings (SSSR count). The van der Waals surface area contributed by atoms with E-state index in [9.17, 15) is 4.79 Å². The number of nitrogens with one attached hydrogen (secondary N) is 1. The molecule has 0 aliphatic heterocycles. The lowest BCUT2D eigenvalue weighted by Gasteiger charge is -2.08.